The lowest BCUT2D eigenvalue weighted by Gasteiger charge is -2.04. The molecule has 0 aliphatic heterocycles. The first-order valence-electron chi connectivity index (χ1n) is 5.31. The third-order valence-corrected chi connectivity index (χ3v) is 2.13. The van der Waals surface area contributed by atoms with Crippen molar-refractivity contribution in [2.45, 2.75) is 26.4 Å². The first-order chi connectivity index (χ1) is 7.75. The Morgan fingerprint density at radius 3 is 3.00 bits per heavy atom. The number of nitrogens with zero attached hydrogens (tertiary/aromatic N) is 3. The largest absolute Gasteiger partial charge is 0.308 e. The fourth-order valence-corrected chi connectivity index (χ4v) is 1.30. The molecule has 2 aromatic rings. The van der Waals surface area contributed by atoms with Crippen LogP contribution in [0.3, 0.4) is 0 Å². The first kappa shape index (κ1) is 10.8. The Morgan fingerprint density at radius 1 is 1.44 bits per heavy atom. The minimum absolute atomic E-state index is 0.437. The molecule has 0 aliphatic carbocycles. The van der Waals surface area contributed by atoms with E-state index in [2.05, 4.69) is 39.3 Å². The molecule has 0 spiro atoms. The predicted molar refractivity (Wildman–Crippen MR) is 61.6 cm³/mol. The average Bonchev–Trinajstić information content (AvgIpc) is 2.76. The molecule has 0 aliphatic rings. The van der Waals surface area contributed by atoms with E-state index in [0.717, 1.165) is 11.4 Å². The smallest absolute Gasteiger partial charge is 0.182 e. The topological polar surface area (TPSA) is 66.5 Å². The molecule has 0 saturated heterocycles. The van der Waals surface area contributed by atoms with E-state index in [1.165, 1.54) is 0 Å². The summed E-state index contributed by atoms with van der Waals surface area (Å²) in [5, 5.41) is 10.3. The van der Waals surface area contributed by atoms with Crippen molar-refractivity contribution in [1.29, 1.82) is 0 Å². The van der Waals surface area contributed by atoms with Crippen LogP contribution in [0.15, 0.2) is 24.5 Å². The van der Waals surface area contributed by atoms with Crippen molar-refractivity contribution in [2.75, 3.05) is 0 Å². The zero-order chi connectivity index (χ0) is 11.4. The second kappa shape index (κ2) is 4.85. The highest BCUT2D eigenvalue weighted by Gasteiger charge is 2.05. The van der Waals surface area contributed by atoms with Gasteiger partial charge in [0.1, 0.15) is 5.82 Å². The lowest BCUT2D eigenvalue weighted by atomic mass is 10.3. The van der Waals surface area contributed by atoms with Crippen LogP contribution in [0.25, 0.3) is 11.4 Å². The lowest BCUT2D eigenvalue weighted by molar-refractivity contribution is 0.573. The van der Waals surface area contributed by atoms with Gasteiger partial charge in [-0.3, -0.25) is 10.1 Å². The third-order valence-electron chi connectivity index (χ3n) is 2.13. The van der Waals surface area contributed by atoms with Crippen LogP contribution in [0.1, 0.15) is 19.7 Å². The number of rotatable bonds is 4. The standard InChI is InChI=1S/C11H15N5/c1-8(2)13-7-10-14-11(16-15-10)9-4-3-5-12-6-9/h3-6,8,13H,7H2,1-2H3,(H,14,15,16). The van der Waals surface area contributed by atoms with Gasteiger partial charge in [-0.25, -0.2) is 4.98 Å². The van der Waals surface area contributed by atoms with E-state index in [1.807, 2.05) is 12.1 Å². The Hall–Kier alpha value is -1.75. The van der Waals surface area contributed by atoms with E-state index in [-0.39, 0.29) is 0 Å². The van der Waals surface area contributed by atoms with Crippen molar-refractivity contribution >= 4 is 0 Å². The third kappa shape index (κ3) is 2.64. The molecule has 2 heterocycles. The maximum atomic E-state index is 4.38. The summed E-state index contributed by atoms with van der Waals surface area (Å²) in [6.07, 6.45) is 3.49. The average molecular weight is 217 g/mol. The highest BCUT2D eigenvalue weighted by Crippen LogP contribution is 2.11. The minimum Gasteiger partial charge on any atom is -0.308 e. The predicted octanol–water partition coefficient (Wildman–Crippen LogP) is 1.36. The van der Waals surface area contributed by atoms with E-state index < -0.39 is 0 Å². The van der Waals surface area contributed by atoms with Crippen LogP contribution in [-0.4, -0.2) is 26.2 Å². The van der Waals surface area contributed by atoms with Crippen molar-refractivity contribution in [3.63, 3.8) is 0 Å². The van der Waals surface area contributed by atoms with E-state index in [0.29, 0.717) is 18.4 Å². The van der Waals surface area contributed by atoms with Crippen LogP contribution < -0.4 is 5.32 Å². The summed E-state index contributed by atoms with van der Waals surface area (Å²) in [5.74, 6) is 1.53. The van der Waals surface area contributed by atoms with Crippen molar-refractivity contribution in [3.05, 3.63) is 30.4 Å². The van der Waals surface area contributed by atoms with Crippen molar-refractivity contribution in [2.24, 2.45) is 0 Å². The quantitative estimate of drug-likeness (QED) is 0.811. The van der Waals surface area contributed by atoms with Gasteiger partial charge in [-0.15, -0.1) is 0 Å². The first-order valence-corrected chi connectivity index (χ1v) is 5.31. The van der Waals surface area contributed by atoms with Crippen molar-refractivity contribution in [1.82, 2.24) is 25.5 Å². The molecular weight excluding hydrogens is 202 g/mol. The molecule has 0 radical (unpaired) electrons. The molecular formula is C11H15N5. The van der Waals surface area contributed by atoms with Crippen LogP contribution in [0, 0.1) is 0 Å². The molecule has 0 unspecified atom stereocenters. The van der Waals surface area contributed by atoms with Crippen LogP contribution in [0.4, 0.5) is 0 Å². The second-order valence-corrected chi connectivity index (χ2v) is 3.88. The molecule has 2 rings (SSSR count). The summed E-state index contributed by atoms with van der Waals surface area (Å²) in [6, 6.07) is 4.25. The Morgan fingerprint density at radius 2 is 2.31 bits per heavy atom. The monoisotopic (exact) mass is 217 g/mol. The van der Waals surface area contributed by atoms with Gasteiger partial charge < -0.3 is 5.32 Å². The molecule has 0 fully saturated rings. The van der Waals surface area contributed by atoms with E-state index in [1.54, 1.807) is 12.4 Å². The van der Waals surface area contributed by atoms with Gasteiger partial charge in [0.2, 0.25) is 0 Å². The fraction of sp³-hybridized carbons (Fsp3) is 0.364. The molecule has 84 valence electrons. The Labute approximate surface area is 94.3 Å². The molecule has 0 aromatic carbocycles. The number of hydrogen-bond acceptors (Lipinski definition) is 4. The van der Waals surface area contributed by atoms with Crippen LogP contribution in [-0.2, 0) is 6.54 Å². The molecule has 5 heteroatoms. The number of nitrogens with one attached hydrogen (secondary N) is 2. The minimum atomic E-state index is 0.437. The molecule has 0 bridgehead atoms. The van der Waals surface area contributed by atoms with Crippen LogP contribution >= 0.6 is 0 Å². The van der Waals surface area contributed by atoms with Gasteiger partial charge in [0.05, 0.1) is 6.54 Å². The van der Waals surface area contributed by atoms with E-state index >= 15 is 0 Å². The molecule has 0 amide bonds. The van der Waals surface area contributed by atoms with Gasteiger partial charge in [0.15, 0.2) is 5.82 Å². The number of aromatic nitrogens is 4. The zero-order valence-corrected chi connectivity index (χ0v) is 9.44. The molecule has 2 aromatic heterocycles. The summed E-state index contributed by atoms with van der Waals surface area (Å²) >= 11 is 0. The molecule has 2 N–H and O–H groups in total. The SMILES string of the molecule is CC(C)NCc1nc(-c2cccnc2)n[nH]1. The van der Waals surface area contributed by atoms with Gasteiger partial charge in [0, 0.05) is 24.0 Å². The summed E-state index contributed by atoms with van der Waals surface area (Å²) in [4.78, 5) is 8.42. The highest BCUT2D eigenvalue weighted by molar-refractivity contribution is 5.52. The van der Waals surface area contributed by atoms with Crippen LogP contribution in [0.2, 0.25) is 0 Å². The summed E-state index contributed by atoms with van der Waals surface area (Å²) < 4.78 is 0. The van der Waals surface area contributed by atoms with Gasteiger partial charge in [-0.1, -0.05) is 13.8 Å². The fourth-order valence-electron chi connectivity index (χ4n) is 1.30. The van der Waals surface area contributed by atoms with Crippen molar-refractivity contribution < 1.29 is 0 Å². The van der Waals surface area contributed by atoms with Gasteiger partial charge in [-0.05, 0) is 12.1 Å². The molecule has 0 saturated carbocycles. The Balaban J connectivity index is 2.08. The van der Waals surface area contributed by atoms with Crippen LogP contribution in [0.5, 0.6) is 0 Å². The van der Waals surface area contributed by atoms with Gasteiger partial charge in [0.25, 0.3) is 0 Å². The summed E-state index contributed by atoms with van der Waals surface area (Å²) in [5.41, 5.74) is 0.926. The summed E-state index contributed by atoms with van der Waals surface area (Å²) in [6.45, 7) is 4.89. The molecule has 16 heavy (non-hydrogen) atoms. The van der Waals surface area contributed by atoms with Gasteiger partial charge in [-0.2, -0.15) is 5.10 Å². The van der Waals surface area contributed by atoms with E-state index in [9.17, 15) is 0 Å². The number of aromatic amines is 1. The maximum Gasteiger partial charge on any atom is 0.182 e. The zero-order valence-electron chi connectivity index (χ0n) is 9.44. The van der Waals surface area contributed by atoms with E-state index in [4.69, 9.17) is 0 Å². The lowest BCUT2D eigenvalue weighted by Crippen LogP contribution is -2.22. The van der Waals surface area contributed by atoms with Crippen molar-refractivity contribution in [3.8, 4) is 11.4 Å². The summed E-state index contributed by atoms with van der Waals surface area (Å²) in [7, 11) is 0. The second-order valence-electron chi connectivity index (χ2n) is 3.88. The van der Waals surface area contributed by atoms with Gasteiger partial charge >= 0.3 is 0 Å². The number of hydrogen-bond donors (Lipinski definition) is 2. The molecule has 0 atom stereocenters. The maximum absolute atomic E-state index is 4.38. The number of H-pyrrole nitrogens is 1. The number of pyridine rings is 1. The normalized spacial score (nSPS) is 10.9. The Bertz CT molecular complexity index is 435. The highest BCUT2D eigenvalue weighted by atomic mass is 15.2. The Kier molecular flexibility index (Phi) is 3.26. The molecule has 5 nitrogen and oxygen atoms in total.